The zero-order valence-electron chi connectivity index (χ0n) is 17.3. The van der Waals surface area contributed by atoms with Gasteiger partial charge < -0.3 is 0 Å². The molecule has 0 atom stereocenters. The number of nitrogens with one attached hydrogen (secondary N) is 1. The molecule has 3 aromatic rings. The Labute approximate surface area is 207 Å². The third-order valence-electron chi connectivity index (χ3n) is 4.48. The average Bonchev–Trinajstić information content (AvgIpc) is 3.34. The summed E-state index contributed by atoms with van der Waals surface area (Å²) in [5, 5.41) is 11.1. The zero-order chi connectivity index (χ0) is 23.4. The number of aryl methyl sites for hydroxylation is 1. The predicted octanol–water partition coefficient (Wildman–Crippen LogP) is 5.12. The summed E-state index contributed by atoms with van der Waals surface area (Å²) in [6.45, 7) is 1.82. The van der Waals surface area contributed by atoms with E-state index in [4.69, 9.17) is 12.2 Å². The maximum absolute atomic E-state index is 13.1. The fourth-order valence-electron chi connectivity index (χ4n) is 2.80. The molecule has 2 amide bonds. The topological polar surface area (TPSA) is 75.2 Å². The number of aromatic nitrogens is 2. The standard InChI is InChI=1S/C22H17FN4O2S4/c1-13-2-4-15(5-3-13)12-31-21-26-25-20(33-21)24-18(28)11-27-19(29)17(32-22(27)30)10-14-6-8-16(23)9-7-14/h2-10H,11-12H2,1H3,(H,24,25,28)/b17-10-. The molecule has 1 saturated heterocycles. The molecule has 6 nitrogen and oxygen atoms in total. The van der Waals surface area contributed by atoms with E-state index in [0.717, 1.165) is 21.9 Å². The van der Waals surface area contributed by atoms with Crippen LogP contribution in [-0.2, 0) is 15.3 Å². The van der Waals surface area contributed by atoms with Crippen molar-refractivity contribution in [1.82, 2.24) is 15.1 Å². The van der Waals surface area contributed by atoms with Crippen molar-refractivity contribution in [2.75, 3.05) is 11.9 Å². The van der Waals surface area contributed by atoms with Crippen molar-refractivity contribution in [3.8, 4) is 0 Å². The van der Waals surface area contributed by atoms with Gasteiger partial charge in [-0.3, -0.25) is 19.8 Å². The highest BCUT2D eigenvalue weighted by Gasteiger charge is 2.33. The third-order valence-corrected chi connectivity index (χ3v) is 7.90. The predicted molar refractivity (Wildman–Crippen MR) is 136 cm³/mol. The number of benzene rings is 2. The summed E-state index contributed by atoms with van der Waals surface area (Å²) >= 11 is 9.18. The van der Waals surface area contributed by atoms with Gasteiger partial charge in [0.15, 0.2) is 4.34 Å². The van der Waals surface area contributed by atoms with E-state index in [9.17, 15) is 14.0 Å². The van der Waals surface area contributed by atoms with E-state index in [1.54, 1.807) is 18.2 Å². The largest absolute Gasteiger partial charge is 0.299 e. The van der Waals surface area contributed by atoms with Crippen molar-refractivity contribution in [1.29, 1.82) is 0 Å². The lowest BCUT2D eigenvalue weighted by Crippen LogP contribution is -2.36. The lowest BCUT2D eigenvalue weighted by atomic mass is 10.2. The highest BCUT2D eigenvalue weighted by atomic mass is 32.2. The van der Waals surface area contributed by atoms with Crippen LogP contribution in [0.5, 0.6) is 0 Å². The molecule has 1 aliphatic heterocycles. The number of carbonyl (C=O) groups excluding carboxylic acids is 2. The second-order valence-electron chi connectivity index (χ2n) is 7.01. The van der Waals surface area contributed by atoms with Gasteiger partial charge in [-0.25, -0.2) is 4.39 Å². The first-order valence-corrected chi connectivity index (χ1v) is 12.7. The molecule has 0 spiro atoms. The highest BCUT2D eigenvalue weighted by Crippen LogP contribution is 2.33. The summed E-state index contributed by atoms with van der Waals surface area (Å²) in [4.78, 5) is 26.8. The normalized spacial score (nSPS) is 14.8. The number of halogens is 1. The van der Waals surface area contributed by atoms with E-state index in [1.807, 2.05) is 6.92 Å². The van der Waals surface area contributed by atoms with Gasteiger partial charge in [-0.05, 0) is 36.3 Å². The molecule has 1 fully saturated rings. The number of hydrogen-bond donors (Lipinski definition) is 1. The number of amides is 2. The van der Waals surface area contributed by atoms with Crippen LogP contribution >= 0.6 is 47.1 Å². The Morgan fingerprint density at radius 2 is 1.91 bits per heavy atom. The van der Waals surface area contributed by atoms with Gasteiger partial charge in [-0.1, -0.05) is 89.0 Å². The maximum atomic E-state index is 13.1. The number of thioether (sulfide) groups is 2. The number of carbonyl (C=O) groups is 2. The molecule has 1 N–H and O–H groups in total. The van der Waals surface area contributed by atoms with Crippen LogP contribution in [0.25, 0.3) is 6.08 Å². The van der Waals surface area contributed by atoms with Crippen LogP contribution in [0.3, 0.4) is 0 Å². The number of hydrogen-bond acceptors (Lipinski definition) is 8. The summed E-state index contributed by atoms with van der Waals surface area (Å²) in [5.41, 5.74) is 3.05. The van der Waals surface area contributed by atoms with Crippen LogP contribution in [-0.4, -0.2) is 37.8 Å². The minimum absolute atomic E-state index is 0.225. The molecule has 168 valence electrons. The van der Waals surface area contributed by atoms with E-state index in [0.29, 0.717) is 15.6 Å². The summed E-state index contributed by atoms with van der Waals surface area (Å²) < 4.78 is 14.1. The lowest BCUT2D eigenvalue weighted by Gasteiger charge is -2.13. The molecule has 11 heteroatoms. The molecule has 0 bridgehead atoms. The van der Waals surface area contributed by atoms with E-state index >= 15 is 0 Å². The Morgan fingerprint density at radius 3 is 2.64 bits per heavy atom. The van der Waals surface area contributed by atoms with Crippen molar-refractivity contribution in [3.63, 3.8) is 0 Å². The van der Waals surface area contributed by atoms with Crippen molar-refractivity contribution in [2.45, 2.75) is 17.0 Å². The molecule has 1 aromatic heterocycles. The van der Waals surface area contributed by atoms with Gasteiger partial charge in [0.05, 0.1) is 4.91 Å². The summed E-state index contributed by atoms with van der Waals surface area (Å²) in [6.07, 6.45) is 1.62. The Hall–Kier alpha value is -2.60. The molecule has 4 rings (SSSR count). The molecule has 33 heavy (non-hydrogen) atoms. The molecule has 2 heterocycles. The first kappa shape index (κ1) is 23.6. The second-order valence-corrected chi connectivity index (χ2v) is 10.9. The van der Waals surface area contributed by atoms with Crippen LogP contribution < -0.4 is 5.32 Å². The van der Waals surface area contributed by atoms with Crippen molar-refractivity contribution >= 4 is 74.4 Å². The van der Waals surface area contributed by atoms with Crippen molar-refractivity contribution < 1.29 is 14.0 Å². The molecule has 1 aliphatic rings. The Bertz CT molecular complexity index is 1230. The Balaban J connectivity index is 1.32. The van der Waals surface area contributed by atoms with Crippen LogP contribution in [0.4, 0.5) is 9.52 Å². The molecular weight excluding hydrogens is 500 g/mol. The van der Waals surface area contributed by atoms with Crippen LogP contribution in [0.2, 0.25) is 0 Å². The SMILES string of the molecule is Cc1ccc(CSc2nnc(NC(=O)CN3C(=O)/C(=C/c4ccc(F)cc4)SC3=S)s2)cc1. The molecular formula is C22H17FN4O2S4. The van der Waals surface area contributed by atoms with E-state index in [2.05, 4.69) is 39.8 Å². The van der Waals surface area contributed by atoms with Gasteiger partial charge >= 0.3 is 0 Å². The Kier molecular flexibility index (Phi) is 7.53. The number of nitrogens with zero attached hydrogens (tertiary/aromatic N) is 3. The van der Waals surface area contributed by atoms with Gasteiger partial charge in [0.1, 0.15) is 16.7 Å². The molecule has 2 aromatic carbocycles. The average molecular weight is 517 g/mol. The summed E-state index contributed by atoms with van der Waals surface area (Å²) in [6, 6.07) is 14.0. The van der Waals surface area contributed by atoms with Gasteiger partial charge in [-0.15, -0.1) is 10.2 Å². The summed E-state index contributed by atoms with van der Waals surface area (Å²) in [7, 11) is 0. The van der Waals surface area contributed by atoms with Crippen LogP contribution in [0.1, 0.15) is 16.7 Å². The smallest absolute Gasteiger partial charge is 0.266 e. The monoisotopic (exact) mass is 516 g/mol. The first-order chi connectivity index (χ1) is 15.9. The Morgan fingerprint density at radius 1 is 1.18 bits per heavy atom. The lowest BCUT2D eigenvalue weighted by molar-refractivity contribution is -0.126. The fourth-order valence-corrected chi connectivity index (χ4v) is 5.78. The summed E-state index contributed by atoms with van der Waals surface area (Å²) in [5.74, 6) is -0.388. The fraction of sp³-hybridized carbons (Fsp3) is 0.136. The van der Waals surface area contributed by atoms with E-state index < -0.39 is 5.91 Å². The molecule has 0 aliphatic carbocycles. The molecule has 0 unspecified atom stereocenters. The molecule has 0 saturated carbocycles. The quantitative estimate of drug-likeness (QED) is 0.202. The highest BCUT2D eigenvalue weighted by molar-refractivity contribution is 8.26. The van der Waals surface area contributed by atoms with E-state index in [1.165, 1.54) is 51.3 Å². The number of thiocarbonyl (C=S) groups is 1. The zero-order valence-corrected chi connectivity index (χ0v) is 20.5. The minimum Gasteiger partial charge on any atom is -0.299 e. The minimum atomic E-state index is -0.416. The van der Waals surface area contributed by atoms with Crippen molar-refractivity contribution in [2.24, 2.45) is 0 Å². The maximum Gasteiger partial charge on any atom is 0.266 e. The number of rotatable bonds is 7. The van der Waals surface area contributed by atoms with Gasteiger partial charge in [0.2, 0.25) is 11.0 Å². The second kappa shape index (κ2) is 10.6. The van der Waals surface area contributed by atoms with Crippen LogP contribution in [0, 0.1) is 12.7 Å². The van der Waals surface area contributed by atoms with Gasteiger partial charge in [-0.2, -0.15) is 0 Å². The van der Waals surface area contributed by atoms with Crippen LogP contribution in [0.15, 0.2) is 57.8 Å². The molecule has 0 radical (unpaired) electrons. The number of anilines is 1. The van der Waals surface area contributed by atoms with E-state index in [-0.39, 0.29) is 22.6 Å². The van der Waals surface area contributed by atoms with Gasteiger partial charge in [0, 0.05) is 5.75 Å². The van der Waals surface area contributed by atoms with Crippen molar-refractivity contribution in [3.05, 3.63) is 75.9 Å². The first-order valence-electron chi connectivity index (χ1n) is 9.70. The third kappa shape index (κ3) is 6.26. The van der Waals surface area contributed by atoms with Gasteiger partial charge in [0.25, 0.3) is 5.91 Å².